The summed E-state index contributed by atoms with van der Waals surface area (Å²) < 4.78 is 46.9. The van der Waals surface area contributed by atoms with Gasteiger partial charge in [0.05, 0.1) is 31.8 Å². The van der Waals surface area contributed by atoms with Crippen LogP contribution < -0.4 is 9.47 Å². The van der Waals surface area contributed by atoms with Gasteiger partial charge in [0, 0.05) is 17.5 Å². The zero-order valence-corrected chi connectivity index (χ0v) is 12.1. The topological polar surface area (TPSA) is 72.8 Å². The van der Waals surface area contributed by atoms with Crippen molar-refractivity contribution in [2.45, 2.75) is 12.5 Å². The number of aliphatic hydroxyl groups excluding tert-OH is 1. The van der Waals surface area contributed by atoms with Gasteiger partial charge in [-0.05, 0) is 12.5 Å². The van der Waals surface area contributed by atoms with Crippen molar-refractivity contribution in [3.05, 3.63) is 23.5 Å². The van der Waals surface area contributed by atoms with Crippen LogP contribution in [0.1, 0.15) is 18.1 Å². The second-order valence-electron chi connectivity index (χ2n) is 4.84. The minimum Gasteiger partial charge on any atom is -0.493 e. The van der Waals surface area contributed by atoms with Gasteiger partial charge in [-0.2, -0.15) is 0 Å². The summed E-state index contributed by atoms with van der Waals surface area (Å²) in [4.78, 5) is 0. The Hall–Kier alpha value is -1.34. The van der Waals surface area contributed by atoms with E-state index in [1.165, 1.54) is 20.3 Å². The van der Waals surface area contributed by atoms with Crippen LogP contribution >= 0.6 is 0 Å². The van der Waals surface area contributed by atoms with Crippen LogP contribution in [0.15, 0.2) is 12.1 Å². The Labute approximate surface area is 117 Å². The molecule has 0 aliphatic carbocycles. The second kappa shape index (κ2) is 5.57. The summed E-state index contributed by atoms with van der Waals surface area (Å²) in [6.07, 6.45) is -0.843. The highest BCUT2D eigenvalue weighted by atomic mass is 32.2. The van der Waals surface area contributed by atoms with Crippen molar-refractivity contribution in [3.8, 4) is 11.5 Å². The quantitative estimate of drug-likeness (QED) is 0.908. The van der Waals surface area contributed by atoms with Crippen molar-refractivity contribution in [2.24, 2.45) is 5.92 Å². The first kappa shape index (κ1) is 15.1. The van der Waals surface area contributed by atoms with Gasteiger partial charge in [0.15, 0.2) is 21.3 Å². The number of hydrogen-bond donors (Lipinski definition) is 1. The van der Waals surface area contributed by atoms with Crippen molar-refractivity contribution >= 4 is 9.84 Å². The summed E-state index contributed by atoms with van der Waals surface area (Å²) in [6, 6.07) is 2.48. The standard InChI is InChI=1S/C13H17FO5S/c1-18-11-5-9(10(14)6-12(11)19-2)13(15)8-3-4-20(16,17)7-8/h5-6,8,13,15H,3-4,7H2,1-2H3. The van der Waals surface area contributed by atoms with Crippen LogP contribution in [-0.4, -0.2) is 39.2 Å². The summed E-state index contributed by atoms with van der Waals surface area (Å²) >= 11 is 0. The van der Waals surface area contributed by atoms with Crippen molar-refractivity contribution in [2.75, 3.05) is 25.7 Å². The smallest absolute Gasteiger partial charge is 0.163 e. The predicted molar refractivity (Wildman–Crippen MR) is 71.2 cm³/mol. The summed E-state index contributed by atoms with van der Waals surface area (Å²) in [5.74, 6) is -0.707. The molecule has 1 N–H and O–H groups in total. The summed E-state index contributed by atoms with van der Waals surface area (Å²) in [5, 5.41) is 10.2. The molecule has 1 aliphatic rings. The Morgan fingerprint density at radius 3 is 2.40 bits per heavy atom. The van der Waals surface area contributed by atoms with Gasteiger partial charge < -0.3 is 14.6 Å². The van der Waals surface area contributed by atoms with Crippen LogP contribution in [0.5, 0.6) is 11.5 Å². The SMILES string of the molecule is COc1cc(F)c(C(O)C2CCS(=O)(=O)C2)cc1OC. The fraction of sp³-hybridized carbons (Fsp3) is 0.538. The first-order valence-electron chi connectivity index (χ1n) is 6.18. The van der Waals surface area contributed by atoms with E-state index in [1.807, 2.05) is 0 Å². The van der Waals surface area contributed by atoms with E-state index < -0.39 is 27.7 Å². The molecular weight excluding hydrogens is 287 g/mol. The van der Waals surface area contributed by atoms with Gasteiger partial charge in [-0.3, -0.25) is 0 Å². The van der Waals surface area contributed by atoms with Gasteiger partial charge in [-0.15, -0.1) is 0 Å². The van der Waals surface area contributed by atoms with Crippen LogP contribution in [0.25, 0.3) is 0 Å². The fourth-order valence-electron chi connectivity index (χ4n) is 2.42. The molecule has 112 valence electrons. The third-order valence-electron chi connectivity index (χ3n) is 3.54. The zero-order chi connectivity index (χ0) is 14.9. The maximum atomic E-state index is 14.0. The molecule has 2 unspecified atom stereocenters. The molecule has 0 bridgehead atoms. The number of benzene rings is 1. The minimum atomic E-state index is -3.13. The molecule has 0 saturated carbocycles. The van der Waals surface area contributed by atoms with Crippen LogP contribution in [-0.2, 0) is 9.84 Å². The molecule has 2 rings (SSSR count). The van der Waals surface area contributed by atoms with Crippen LogP contribution in [0.3, 0.4) is 0 Å². The molecule has 0 spiro atoms. The van der Waals surface area contributed by atoms with Gasteiger partial charge in [0.2, 0.25) is 0 Å². The number of hydrogen-bond acceptors (Lipinski definition) is 5. The predicted octanol–water partition coefficient (Wildman–Crippen LogP) is 1.31. The zero-order valence-electron chi connectivity index (χ0n) is 11.3. The molecule has 1 fully saturated rings. The maximum absolute atomic E-state index is 14.0. The Kier molecular flexibility index (Phi) is 4.19. The van der Waals surface area contributed by atoms with Crippen LogP contribution in [0, 0.1) is 11.7 Å². The molecule has 0 amide bonds. The van der Waals surface area contributed by atoms with Gasteiger partial charge >= 0.3 is 0 Å². The van der Waals surface area contributed by atoms with E-state index in [4.69, 9.17) is 9.47 Å². The van der Waals surface area contributed by atoms with E-state index in [1.54, 1.807) is 0 Å². The number of sulfone groups is 1. The normalized spacial score (nSPS) is 22.5. The van der Waals surface area contributed by atoms with Gasteiger partial charge in [-0.25, -0.2) is 12.8 Å². The largest absolute Gasteiger partial charge is 0.493 e. The van der Waals surface area contributed by atoms with Gasteiger partial charge in [0.1, 0.15) is 5.82 Å². The lowest BCUT2D eigenvalue weighted by Crippen LogP contribution is -2.15. The highest BCUT2D eigenvalue weighted by molar-refractivity contribution is 7.91. The van der Waals surface area contributed by atoms with E-state index in [0.29, 0.717) is 12.2 Å². The average molecular weight is 304 g/mol. The van der Waals surface area contributed by atoms with Crippen molar-refractivity contribution < 1.29 is 27.4 Å². The Morgan fingerprint density at radius 1 is 1.30 bits per heavy atom. The Morgan fingerprint density at radius 2 is 1.90 bits per heavy atom. The van der Waals surface area contributed by atoms with Gasteiger partial charge in [0.25, 0.3) is 0 Å². The first-order chi connectivity index (χ1) is 9.38. The lowest BCUT2D eigenvalue weighted by atomic mass is 9.94. The fourth-order valence-corrected chi connectivity index (χ4v) is 4.25. The highest BCUT2D eigenvalue weighted by Crippen LogP contribution is 2.37. The molecule has 2 atom stereocenters. The van der Waals surface area contributed by atoms with E-state index in [2.05, 4.69) is 0 Å². The summed E-state index contributed by atoms with van der Waals surface area (Å²) in [5.41, 5.74) is 0.0322. The van der Waals surface area contributed by atoms with E-state index >= 15 is 0 Å². The van der Waals surface area contributed by atoms with Gasteiger partial charge in [-0.1, -0.05) is 0 Å². The van der Waals surface area contributed by atoms with E-state index in [-0.39, 0.29) is 22.8 Å². The van der Waals surface area contributed by atoms with Crippen molar-refractivity contribution in [1.82, 2.24) is 0 Å². The molecule has 1 saturated heterocycles. The van der Waals surface area contributed by atoms with Crippen LogP contribution in [0.2, 0.25) is 0 Å². The van der Waals surface area contributed by atoms with Crippen LogP contribution in [0.4, 0.5) is 4.39 Å². The average Bonchev–Trinajstić information content (AvgIpc) is 2.78. The Bertz CT molecular complexity index is 599. The molecule has 20 heavy (non-hydrogen) atoms. The second-order valence-corrected chi connectivity index (χ2v) is 7.07. The molecule has 5 nitrogen and oxygen atoms in total. The monoisotopic (exact) mass is 304 g/mol. The summed E-state index contributed by atoms with van der Waals surface area (Å²) in [6.45, 7) is 0. The Balaban J connectivity index is 2.33. The number of rotatable bonds is 4. The third kappa shape index (κ3) is 2.88. The molecular formula is C13H17FO5S. The molecule has 7 heteroatoms. The molecule has 0 aromatic heterocycles. The molecule has 1 heterocycles. The third-order valence-corrected chi connectivity index (χ3v) is 5.33. The number of methoxy groups -OCH3 is 2. The van der Waals surface area contributed by atoms with E-state index in [9.17, 15) is 17.9 Å². The number of halogens is 1. The van der Waals surface area contributed by atoms with Crippen molar-refractivity contribution in [3.63, 3.8) is 0 Å². The molecule has 1 aromatic rings. The maximum Gasteiger partial charge on any atom is 0.163 e. The number of ether oxygens (including phenoxy) is 2. The summed E-state index contributed by atoms with van der Waals surface area (Å²) in [7, 11) is -0.334. The lowest BCUT2D eigenvalue weighted by molar-refractivity contribution is 0.116. The number of aliphatic hydroxyl groups is 1. The molecule has 1 aromatic carbocycles. The molecule has 1 aliphatic heterocycles. The first-order valence-corrected chi connectivity index (χ1v) is 8.00. The minimum absolute atomic E-state index is 0.0314. The highest BCUT2D eigenvalue weighted by Gasteiger charge is 2.35. The molecule has 0 radical (unpaired) electrons. The van der Waals surface area contributed by atoms with Crippen molar-refractivity contribution in [1.29, 1.82) is 0 Å². The van der Waals surface area contributed by atoms with E-state index in [0.717, 1.165) is 6.07 Å². The lowest BCUT2D eigenvalue weighted by Gasteiger charge is -2.19.